The molecule has 0 fully saturated rings. The van der Waals surface area contributed by atoms with Gasteiger partial charge in [0.2, 0.25) is 17.7 Å². The maximum atomic E-state index is 15.9. The monoisotopic (exact) mass is 1060 g/mol. The summed E-state index contributed by atoms with van der Waals surface area (Å²) in [6.07, 6.45) is 13.1. The second kappa shape index (κ2) is 23.7. The Balaban J connectivity index is 0.000000186. The van der Waals surface area contributed by atoms with Gasteiger partial charge in [-0.1, -0.05) is 76.8 Å². The van der Waals surface area contributed by atoms with Crippen LogP contribution in [0.1, 0.15) is 154 Å². The van der Waals surface area contributed by atoms with E-state index in [4.69, 9.17) is 15.4 Å². The van der Waals surface area contributed by atoms with Gasteiger partial charge in [-0.05, 0) is 78.8 Å². The van der Waals surface area contributed by atoms with Crippen LogP contribution < -0.4 is 16.4 Å². The first kappa shape index (κ1) is 55.8. The van der Waals surface area contributed by atoms with E-state index < -0.39 is 5.97 Å². The summed E-state index contributed by atoms with van der Waals surface area (Å²) >= 11 is 0. The van der Waals surface area contributed by atoms with Gasteiger partial charge in [0.15, 0.2) is 34.9 Å². The number of nitrogens with two attached hydrogens (primary N) is 1. The van der Waals surface area contributed by atoms with Gasteiger partial charge in [0.25, 0.3) is 5.89 Å². The number of carboxylic acid groups (broad SMARTS) is 1. The van der Waals surface area contributed by atoms with E-state index in [0.29, 0.717) is 64.3 Å². The molecule has 22 nitrogen and oxygen atoms in total. The summed E-state index contributed by atoms with van der Waals surface area (Å²) < 4.78 is 44.1. The fourth-order valence-electron chi connectivity index (χ4n) is 8.47. The molecule has 2 atom stereocenters. The Bertz CT molecular complexity index is 3310. The molecular formula is C51H60ClF2N17O5. The molecule has 2 aliphatic rings. The number of nitrogens with one attached hydrogen (secondary N) is 2. The number of halogens is 3. The number of ketones is 1. The number of aryl methyl sites for hydroxylation is 2. The van der Waals surface area contributed by atoms with Gasteiger partial charge in [-0.25, -0.2) is 33.5 Å². The third kappa shape index (κ3) is 13.5. The van der Waals surface area contributed by atoms with Crippen LogP contribution in [0.3, 0.4) is 0 Å². The normalized spacial score (nSPS) is 15.2. The molecule has 5 N–H and O–H groups in total. The maximum absolute atomic E-state index is 15.9. The molecule has 8 aromatic rings. The first-order valence-electron chi connectivity index (χ1n) is 24.5. The summed E-state index contributed by atoms with van der Waals surface area (Å²) in [5.74, 6) is 0.619. The first-order chi connectivity index (χ1) is 35.7. The Morgan fingerprint density at radius 2 is 1.14 bits per heavy atom. The van der Waals surface area contributed by atoms with Gasteiger partial charge in [0.1, 0.15) is 24.3 Å². The lowest BCUT2D eigenvalue weighted by Gasteiger charge is -2.18. The van der Waals surface area contributed by atoms with Crippen molar-refractivity contribution in [3.05, 3.63) is 119 Å². The van der Waals surface area contributed by atoms with Crippen LogP contribution in [0.25, 0.3) is 22.8 Å². The van der Waals surface area contributed by atoms with E-state index in [1.165, 1.54) is 12.7 Å². The Hall–Kier alpha value is -7.99. The first-order valence-corrected chi connectivity index (χ1v) is 24.5. The summed E-state index contributed by atoms with van der Waals surface area (Å²) in [5.41, 5.74) is 9.27. The molecule has 0 amide bonds. The number of carbonyl (C=O) groups is 2. The number of hydrogen-bond donors (Lipinski definition) is 4. The SMILES string of the molecule is CC(C)(C)c1noc(C(=O)O)n1.Cl.Cn1ccc(Nc2ncnc(-c3ccc4c(c3F)CCCC[C@H]4CC(=O)c3nc(C(C)(C)C)no3)n2)n1.Cn1ccc(Nc2ncnc(-c3ccc4c(c3F)CCCC[C@H]4N)n2)n1. The minimum atomic E-state index is -1.20. The molecule has 0 bridgehead atoms. The largest absolute Gasteiger partial charge is 0.474 e. The molecule has 2 aliphatic carbocycles. The Kier molecular flexibility index (Phi) is 17.4. The topological polar surface area (TPSA) is 295 Å². The molecule has 0 unspecified atom stereocenters. The predicted molar refractivity (Wildman–Crippen MR) is 277 cm³/mol. The number of fused-ring (bicyclic) bond motifs is 2. The molecule has 10 rings (SSSR count). The summed E-state index contributed by atoms with van der Waals surface area (Å²) in [6.45, 7) is 11.5. The number of carbonyl (C=O) groups excluding carboxylic acids is 1. The minimum Gasteiger partial charge on any atom is -0.474 e. The number of anilines is 4. The van der Waals surface area contributed by atoms with Gasteiger partial charge >= 0.3 is 11.9 Å². The fraction of sp³-hybridized carbons (Fsp3) is 0.412. The van der Waals surface area contributed by atoms with Gasteiger partial charge < -0.3 is 30.5 Å². The smallest absolute Gasteiger partial charge is 0.394 e. The van der Waals surface area contributed by atoms with E-state index in [1.807, 2.05) is 60.7 Å². The Labute approximate surface area is 442 Å². The van der Waals surface area contributed by atoms with E-state index in [9.17, 15) is 9.59 Å². The van der Waals surface area contributed by atoms with Crippen LogP contribution >= 0.6 is 12.4 Å². The van der Waals surface area contributed by atoms with E-state index >= 15 is 8.78 Å². The third-order valence-electron chi connectivity index (χ3n) is 12.4. The predicted octanol–water partition coefficient (Wildman–Crippen LogP) is 9.29. The van der Waals surface area contributed by atoms with Crippen molar-refractivity contribution in [2.75, 3.05) is 10.6 Å². The minimum absolute atomic E-state index is 0. The molecule has 6 aromatic heterocycles. The van der Waals surface area contributed by atoms with Crippen molar-refractivity contribution < 1.29 is 32.5 Å². The second-order valence-corrected chi connectivity index (χ2v) is 20.3. The summed E-state index contributed by atoms with van der Waals surface area (Å²) in [4.78, 5) is 56.7. The van der Waals surface area contributed by atoms with E-state index in [1.54, 1.807) is 53.1 Å². The number of aromatic carboxylic acids is 1. The molecule has 2 aromatic carbocycles. The van der Waals surface area contributed by atoms with Crippen molar-refractivity contribution in [2.45, 2.75) is 122 Å². The van der Waals surface area contributed by atoms with Crippen molar-refractivity contribution in [1.29, 1.82) is 0 Å². The van der Waals surface area contributed by atoms with Gasteiger partial charge in [-0.15, -0.1) is 12.4 Å². The zero-order valence-corrected chi connectivity index (χ0v) is 44.2. The maximum Gasteiger partial charge on any atom is 0.394 e. The zero-order chi connectivity index (χ0) is 53.6. The fourth-order valence-corrected chi connectivity index (χ4v) is 8.47. The van der Waals surface area contributed by atoms with Gasteiger partial charge in [-0.2, -0.15) is 30.1 Å². The number of rotatable bonds is 10. The van der Waals surface area contributed by atoms with Gasteiger partial charge in [0.05, 0.1) is 11.1 Å². The van der Waals surface area contributed by atoms with Crippen LogP contribution in [0.2, 0.25) is 0 Å². The number of aromatic nitrogens is 14. The van der Waals surface area contributed by atoms with E-state index in [0.717, 1.165) is 49.7 Å². The summed E-state index contributed by atoms with van der Waals surface area (Å²) in [6, 6.07) is 10.6. The second-order valence-electron chi connectivity index (χ2n) is 20.3. The highest BCUT2D eigenvalue weighted by Crippen LogP contribution is 2.38. The molecule has 0 saturated heterocycles. The molecule has 0 spiro atoms. The number of nitrogens with zero attached hydrogens (tertiary/aromatic N) is 14. The molecule has 400 valence electrons. The van der Waals surface area contributed by atoms with Crippen LogP contribution in [0.5, 0.6) is 0 Å². The van der Waals surface area contributed by atoms with Gasteiger partial charge in [-0.3, -0.25) is 14.2 Å². The number of carboxylic acids is 1. The van der Waals surface area contributed by atoms with Crippen molar-refractivity contribution in [3.63, 3.8) is 0 Å². The lowest BCUT2D eigenvalue weighted by atomic mass is 9.87. The molecule has 0 saturated carbocycles. The van der Waals surface area contributed by atoms with Crippen LogP contribution in [0.4, 0.5) is 32.3 Å². The van der Waals surface area contributed by atoms with Crippen molar-refractivity contribution in [1.82, 2.24) is 69.7 Å². The molecular weight excluding hydrogens is 1000 g/mol. The van der Waals surface area contributed by atoms with Gasteiger partial charge in [0, 0.05) is 61.9 Å². The highest BCUT2D eigenvalue weighted by atomic mass is 35.5. The number of hydrogen-bond acceptors (Lipinski definition) is 19. The van der Waals surface area contributed by atoms with Crippen molar-refractivity contribution in [2.24, 2.45) is 19.8 Å². The van der Waals surface area contributed by atoms with Crippen LogP contribution in [-0.2, 0) is 37.8 Å². The quantitative estimate of drug-likeness (QED) is 0.0732. The van der Waals surface area contributed by atoms with Crippen molar-refractivity contribution in [3.8, 4) is 22.8 Å². The Morgan fingerprint density at radius 1 is 0.671 bits per heavy atom. The van der Waals surface area contributed by atoms with Crippen LogP contribution in [-0.4, -0.2) is 86.6 Å². The standard InChI is InChI=1S/C26H29FN8O2.C18H20FN7.C7H10N2O3.ClH/c1-26(2,3)24-32-23(37-34-24)19(36)13-15-7-5-6-8-17-16(15)9-10-18(21(17)27)22-28-14-29-25(31-22)30-20-11-12-35(4)33-20;1-26-9-8-15(25-26)23-18-22-10-21-17(24-18)13-7-6-11-12(16(13)19)4-2-3-5-14(11)20;1-7(2,3)6-8-4(5(10)11)12-9-6;/h9-12,14-15H,5-8,13H2,1-4H3,(H,28,29,30,31,33);6-10,14H,2-5,20H2,1H3,(H,21,22,23,24,25);1-3H3,(H,10,11);1H/t15-;14-;;/m01../s1. The lowest BCUT2D eigenvalue weighted by Crippen LogP contribution is -2.14. The average molecular weight is 1060 g/mol. The molecule has 0 radical (unpaired) electrons. The summed E-state index contributed by atoms with van der Waals surface area (Å²) in [5, 5.41) is 30.4. The van der Waals surface area contributed by atoms with E-state index in [-0.39, 0.29) is 88.4 Å². The molecule has 25 heteroatoms. The van der Waals surface area contributed by atoms with Crippen LogP contribution in [0.15, 0.2) is 70.5 Å². The number of Topliss-reactive ketones (excluding diaryl/α,β-unsaturated/α-hetero) is 1. The summed E-state index contributed by atoms with van der Waals surface area (Å²) in [7, 11) is 3.63. The highest BCUT2D eigenvalue weighted by molar-refractivity contribution is 5.92. The zero-order valence-electron chi connectivity index (χ0n) is 43.4. The lowest BCUT2D eigenvalue weighted by molar-refractivity contribution is 0.0643. The van der Waals surface area contributed by atoms with E-state index in [2.05, 4.69) is 75.5 Å². The third-order valence-corrected chi connectivity index (χ3v) is 12.4. The molecule has 6 heterocycles. The number of benzene rings is 2. The molecule has 76 heavy (non-hydrogen) atoms. The molecule has 0 aliphatic heterocycles. The van der Waals surface area contributed by atoms with Crippen LogP contribution in [0, 0.1) is 11.6 Å². The Morgan fingerprint density at radius 3 is 1.61 bits per heavy atom. The van der Waals surface area contributed by atoms with Crippen molar-refractivity contribution >= 4 is 47.7 Å². The average Bonchev–Trinajstić information content (AvgIpc) is 4.19. The highest BCUT2D eigenvalue weighted by Gasteiger charge is 2.30.